The third-order valence-electron chi connectivity index (χ3n) is 3.94. The van der Waals surface area contributed by atoms with E-state index in [0.717, 1.165) is 43.2 Å². The first-order chi connectivity index (χ1) is 10.1. The number of nitrogens with one attached hydrogen (secondary N) is 1. The predicted octanol–water partition coefficient (Wildman–Crippen LogP) is 2.96. The smallest absolute Gasteiger partial charge is 0.243 e. The molecule has 5 nitrogen and oxygen atoms in total. The van der Waals surface area contributed by atoms with Crippen LogP contribution in [0.25, 0.3) is 5.65 Å². The van der Waals surface area contributed by atoms with E-state index >= 15 is 0 Å². The Morgan fingerprint density at radius 2 is 2.10 bits per heavy atom. The number of rotatable bonds is 8. The number of nitrogens with zero attached hydrogens (tertiary/aromatic N) is 4. The first-order valence-electron chi connectivity index (χ1n) is 7.95. The number of hydrogen-bond acceptors (Lipinski definition) is 4. The second-order valence-electron chi connectivity index (χ2n) is 5.61. The van der Waals surface area contributed by atoms with Crippen molar-refractivity contribution in [1.82, 2.24) is 19.5 Å². The molecule has 2 heterocycles. The van der Waals surface area contributed by atoms with Gasteiger partial charge in [0.1, 0.15) is 0 Å². The third kappa shape index (κ3) is 4.17. The number of fused-ring (bicyclic) bond motifs is 1. The monoisotopic (exact) mass is 289 g/mol. The fraction of sp³-hybridized carbons (Fsp3) is 0.625. The van der Waals surface area contributed by atoms with Crippen molar-refractivity contribution in [1.29, 1.82) is 0 Å². The summed E-state index contributed by atoms with van der Waals surface area (Å²) >= 11 is 0. The van der Waals surface area contributed by atoms with Gasteiger partial charge in [-0.15, -0.1) is 5.10 Å². The van der Waals surface area contributed by atoms with Crippen LogP contribution in [-0.4, -0.2) is 45.2 Å². The predicted molar refractivity (Wildman–Crippen MR) is 87.8 cm³/mol. The Morgan fingerprint density at radius 3 is 2.76 bits per heavy atom. The molecule has 21 heavy (non-hydrogen) atoms. The number of aryl methyl sites for hydroxylation is 1. The van der Waals surface area contributed by atoms with Crippen molar-refractivity contribution in [2.45, 2.75) is 46.6 Å². The van der Waals surface area contributed by atoms with E-state index in [0.29, 0.717) is 6.04 Å². The lowest BCUT2D eigenvalue weighted by molar-refractivity contribution is 0.295. The maximum atomic E-state index is 4.56. The molecule has 0 saturated carbocycles. The molecule has 0 aliphatic carbocycles. The maximum absolute atomic E-state index is 4.56. The molecule has 0 aromatic carbocycles. The van der Waals surface area contributed by atoms with E-state index in [-0.39, 0.29) is 0 Å². The van der Waals surface area contributed by atoms with Gasteiger partial charge in [0.15, 0.2) is 5.65 Å². The quantitative estimate of drug-likeness (QED) is 0.811. The van der Waals surface area contributed by atoms with Crippen LogP contribution in [0.2, 0.25) is 0 Å². The summed E-state index contributed by atoms with van der Waals surface area (Å²) in [6, 6.07) is 4.44. The Labute approximate surface area is 127 Å². The minimum absolute atomic E-state index is 0.387. The van der Waals surface area contributed by atoms with E-state index in [2.05, 4.69) is 54.1 Å². The largest absolute Gasteiger partial charge is 0.350 e. The molecule has 0 amide bonds. The molecular formula is C16H27N5. The summed E-state index contributed by atoms with van der Waals surface area (Å²) in [6.07, 6.45) is 4.26. The lowest BCUT2D eigenvalue weighted by Gasteiger charge is -2.19. The zero-order valence-corrected chi connectivity index (χ0v) is 13.6. The molecule has 1 N–H and O–H groups in total. The van der Waals surface area contributed by atoms with Gasteiger partial charge in [-0.3, -0.25) is 0 Å². The minimum Gasteiger partial charge on any atom is -0.350 e. The Bertz CT molecular complexity index is 559. The first-order valence-corrected chi connectivity index (χ1v) is 7.95. The molecular weight excluding hydrogens is 262 g/mol. The zero-order chi connectivity index (χ0) is 15.2. The summed E-state index contributed by atoms with van der Waals surface area (Å²) in [5.74, 6) is 0.722. The number of hydrogen-bond donors (Lipinski definition) is 1. The van der Waals surface area contributed by atoms with Crippen LogP contribution in [0.5, 0.6) is 0 Å². The third-order valence-corrected chi connectivity index (χ3v) is 3.94. The summed E-state index contributed by atoms with van der Waals surface area (Å²) in [7, 11) is 0. The molecule has 116 valence electrons. The van der Waals surface area contributed by atoms with Crippen LogP contribution in [0.1, 0.15) is 39.2 Å². The van der Waals surface area contributed by atoms with E-state index in [4.69, 9.17) is 0 Å². The molecule has 5 heteroatoms. The first kappa shape index (κ1) is 15.8. The Morgan fingerprint density at radius 1 is 1.33 bits per heavy atom. The van der Waals surface area contributed by atoms with Crippen molar-refractivity contribution >= 4 is 11.6 Å². The molecule has 2 aromatic heterocycles. The lowest BCUT2D eigenvalue weighted by atomic mass is 10.2. The van der Waals surface area contributed by atoms with Crippen molar-refractivity contribution < 1.29 is 0 Å². The lowest BCUT2D eigenvalue weighted by Crippen LogP contribution is -2.25. The van der Waals surface area contributed by atoms with Gasteiger partial charge in [-0.05, 0) is 58.0 Å². The molecule has 0 fully saturated rings. The fourth-order valence-corrected chi connectivity index (χ4v) is 2.55. The topological polar surface area (TPSA) is 45.5 Å². The average Bonchev–Trinajstić information content (AvgIpc) is 2.87. The van der Waals surface area contributed by atoms with Gasteiger partial charge >= 0.3 is 0 Å². The number of pyridine rings is 1. The van der Waals surface area contributed by atoms with E-state index in [1.807, 2.05) is 16.8 Å². The molecule has 1 unspecified atom stereocenters. The van der Waals surface area contributed by atoms with Crippen molar-refractivity contribution in [2.75, 3.05) is 25.0 Å². The highest BCUT2D eigenvalue weighted by Crippen LogP contribution is 2.12. The summed E-state index contributed by atoms with van der Waals surface area (Å²) < 4.78 is 1.83. The normalized spacial score (nSPS) is 13.0. The molecule has 0 saturated heterocycles. The van der Waals surface area contributed by atoms with Gasteiger partial charge in [0.05, 0.1) is 0 Å². The zero-order valence-electron chi connectivity index (χ0n) is 13.6. The van der Waals surface area contributed by atoms with Crippen LogP contribution < -0.4 is 5.32 Å². The van der Waals surface area contributed by atoms with Gasteiger partial charge in [0.2, 0.25) is 5.95 Å². The molecule has 2 aromatic rings. The number of anilines is 1. The van der Waals surface area contributed by atoms with Crippen LogP contribution >= 0.6 is 0 Å². The highest BCUT2D eigenvalue weighted by Gasteiger charge is 2.09. The highest BCUT2D eigenvalue weighted by atomic mass is 15.3. The highest BCUT2D eigenvalue weighted by molar-refractivity contribution is 5.49. The standard InChI is InChI=1S/C16H27N5/c1-5-20(6-2)11-8-10-14(4)17-16-18-15-13(3)9-7-12-21(15)19-16/h7,9,12,14H,5-6,8,10-11H2,1-4H3,(H,17,19). The Balaban J connectivity index is 1.86. The summed E-state index contributed by atoms with van der Waals surface area (Å²) in [4.78, 5) is 7.02. The van der Waals surface area contributed by atoms with Gasteiger partial charge in [-0.2, -0.15) is 4.98 Å². The molecule has 0 aliphatic heterocycles. The maximum Gasteiger partial charge on any atom is 0.243 e. The molecule has 0 spiro atoms. The van der Waals surface area contributed by atoms with Gasteiger partial charge in [-0.1, -0.05) is 19.9 Å². The van der Waals surface area contributed by atoms with E-state index in [9.17, 15) is 0 Å². The van der Waals surface area contributed by atoms with Crippen molar-refractivity contribution in [3.05, 3.63) is 23.9 Å². The summed E-state index contributed by atoms with van der Waals surface area (Å²) in [5, 5.41) is 7.88. The average molecular weight is 289 g/mol. The van der Waals surface area contributed by atoms with Crippen LogP contribution in [0.4, 0.5) is 5.95 Å². The molecule has 0 aliphatic rings. The summed E-state index contributed by atoms with van der Waals surface area (Å²) in [6.45, 7) is 12.1. The van der Waals surface area contributed by atoms with Gasteiger partial charge in [0, 0.05) is 12.2 Å². The van der Waals surface area contributed by atoms with Gasteiger partial charge in [0.25, 0.3) is 0 Å². The second-order valence-corrected chi connectivity index (χ2v) is 5.61. The SMILES string of the molecule is CCN(CC)CCCC(C)Nc1nc2c(C)cccn2n1. The van der Waals surface area contributed by atoms with Crippen molar-refractivity contribution in [3.8, 4) is 0 Å². The number of aromatic nitrogens is 3. The summed E-state index contributed by atoms with van der Waals surface area (Å²) in [5.41, 5.74) is 2.07. The molecule has 0 radical (unpaired) electrons. The van der Waals surface area contributed by atoms with Crippen LogP contribution in [0.15, 0.2) is 18.3 Å². The Hall–Kier alpha value is -1.62. The molecule has 1 atom stereocenters. The minimum atomic E-state index is 0.387. The van der Waals surface area contributed by atoms with Crippen molar-refractivity contribution in [3.63, 3.8) is 0 Å². The molecule has 0 bridgehead atoms. The van der Waals surface area contributed by atoms with Gasteiger partial charge < -0.3 is 10.2 Å². The van der Waals surface area contributed by atoms with Crippen LogP contribution in [-0.2, 0) is 0 Å². The van der Waals surface area contributed by atoms with E-state index in [1.54, 1.807) is 0 Å². The van der Waals surface area contributed by atoms with Gasteiger partial charge in [-0.25, -0.2) is 4.52 Å². The van der Waals surface area contributed by atoms with E-state index < -0.39 is 0 Å². The van der Waals surface area contributed by atoms with Crippen LogP contribution in [0.3, 0.4) is 0 Å². The second kappa shape index (κ2) is 7.41. The molecule has 2 rings (SSSR count). The van der Waals surface area contributed by atoms with E-state index in [1.165, 1.54) is 6.42 Å². The fourth-order valence-electron chi connectivity index (χ4n) is 2.55. The Kier molecular flexibility index (Phi) is 5.56. The van der Waals surface area contributed by atoms with Crippen LogP contribution in [0, 0.1) is 6.92 Å². The van der Waals surface area contributed by atoms with Crippen molar-refractivity contribution in [2.24, 2.45) is 0 Å².